The van der Waals surface area contributed by atoms with E-state index < -0.39 is 0 Å². The van der Waals surface area contributed by atoms with Crippen molar-refractivity contribution in [2.75, 3.05) is 10.6 Å². The quantitative estimate of drug-likeness (QED) is 0.552. The highest BCUT2D eigenvalue weighted by Crippen LogP contribution is 2.13. The van der Waals surface area contributed by atoms with Crippen molar-refractivity contribution in [1.82, 2.24) is 5.32 Å². The van der Waals surface area contributed by atoms with Crippen LogP contribution in [0.2, 0.25) is 0 Å². The molecule has 0 unspecified atom stereocenters. The fourth-order valence-electron chi connectivity index (χ4n) is 2.57. The predicted molar refractivity (Wildman–Crippen MR) is 110 cm³/mol. The number of nitrogens with one attached hydrogen (secondary N) is 3. The molecule has 0 saturated carbocycles. The molecule has 0 saturated heterocycles. The zero-order valence-corrected chi connectivity index (χ0v) is 15.4. The number of carbonyl (C=O) groups is 2. The van der Waals surface area contributed by atoms with Gasteiger partial charge in [0, 0.05) is 24.0 Å². The van der Waals surface area contributed by atoms with Crippen LogP contribution in [0.3, 0.4) is 0 Å². The van der Waals surface area contributed by atoms with Gasteiger partial charge in [0.05, 0.1) is 6.26 Å². The van der Waals surface area contributed by atoms with E-state index in [1.165, 1.54) is 6.08 Å². The lowest BCUT2D eigenvalue weighted by Crippen LogP contribution is -2.21. The highest BCUT2D eigenvalue weighted by Gasteiger charge is 2.04. The molecule has 3 amide bonds. The number of furan rings is 1. The van der Waals surface area contributed by atoms with Crippen molar-refractivity contribution in [1.29, 1.82) is 0 Å². The van der Waals surface area contributed by atoms with Crippen molar-refractivity contribution < 1.29 is 14.0 Å². The standard InChI is InChI=1S/C22H21N3O3/c1-16-5-2-7-18(13-16)24-22(27)25-19-8-3-6-17(14-19)15-23-21(26)11-10-20-9-4-12-28-20/h2-14H,15H2,1H3,(H,23,26)(H2,24,25,27). The van der Waals surface area contributed by atoms with Gasteiger partial charge in [0.15, 0.2) is 0 Å². The molecule has 0 aliphatic carbocycles. The minimum Gasteiger partial charge on any atom is -0.465 e. The van der Waals surface area contributed by atoms with Crippen LogP contribution in [0.5, 0.6) is 0 Å². The molecular weight excluding hydrogens is 354 g/mol. The summed E-state index contributed by atoms with van der Waals surface area (Å²) in [5, 5.41) is 8.38. The Morgan fingerprint density at radius 3 is 2.43 bits per heavy atom. The largest absolute Gasteiger partial charge is 0.465 e. The smallest absolute Gasteiger partial charge is 0.323 e. The second kappa shape index (κ2) is 9.23. The zero-order chi connectivity index (χ0) is 19.8. The van der Waals surface area contributed by atoms with Gasteiger partial charge in [-0.1, -0.05) is 24.3 Å². The molecule has 0 bridgehead atoms. The molecule has 0 atom stereocenters. The first kappa shape index (κ1) is 19.0. The van der Waals surface area contributed by atoms with E-state index in [1.54, 1.807) is 30.5 Å². The van der Waals surface area contributed by atoms with Crippen LogP contribution in [0.15, 0.2) is 77.4 Å². The number of rotatable bonds is 6. The summed E-state index contributed by atoms with van der Waals surface area (Å²) in [6.45, 7) is 2.31. The lowest BCUT2D eigenvalue weighted by atomic mass is 10.2. The average Bonchev–Trinajstić information content (AvgIpc) is 3.18. The van der Waals surface area contributed by atoms with Crippen LogP contribution in [0, 0.1) is 6.92 Å². The van der Waals surface area contributed by atoms with Crippen molar-refractivity contribution in [3.63, 3.8) is 0 Å². The van der Waals surface area contributed by atoms with Crippen molar-refractivity contribution in [2.45, 2.75) is 13.5 Å². The molecule has 28 heavy (non-hydrogen) atoms. The first-order chi connectivity index (χ1) is 13.6. The molecule has 0 aliphatic rings. The van der Waals surface area contributed by atoms with Crippen molar-refractivity contribution >= 4 is 29.4 Å². The molecule has 0 spiro atoms. The summed E-state index contributed by atoms with van der Waals surface area (Å²) < 4.78 is 5.14. The van der Waals surface area contributed by atoms with Crippen molar-refractivity contribution in [2.24, 2.45) is 0 Å². The third kappa shape index (κ3) is 5.88. The van der Waals surface area contributed by atoms with Gasteiger partial charge < -0.3 is 20.4 Å². The molecule has 3 aromatic rings. The molecule has 142 valence electrons. The van der Waals surface area contributed by atoms with E-state index in [2.05, 4.69) is 16.0 Å². The number of urea groups is 1. The molecule has 1 aromatic heterocycles. The van der Waals surface area contributed by atoms with Crippen LogP contribution in [-0.2, 0) is 11.3 Å². The first-order valence-electron chi connectivity index (χ1n) is 8.81. The Labute approximate surface area is 163 Å². The van der Waals surface area contributed by atoms with Crippen LogP contribution < -0.4 is 16.0 Å². The fourth-order valence-corrected chi connectivity index (χ4v) is 2.57. The maximum absolute atomic E-state index is 12.2. The molecule has 3 rings (SSSR count). The van der Waals surface area contributed by atoms with Gasteiger partial charge in [-0.2, -0.15) is 0 Å². The summed E-state index contributed by atoms with van der Waals surface area (Å²) in [5.41, 5.74) is 3.30. The van der Waals surface area contributed by atoms with Crippen LogP contribution >= 0.6 is 0 Å². The predicted octanol–water partition coefficient (Wildman–Crippen LogP) is 4.56. The van der Waals surface area contributed by atoms with Crippen molar-refractivity contribution in [3.8, 4) is 0 Å². The van der Waals surface area contributed by atoms with Gasteiger partial charge in [0.1, 0.15) is 5.76 Å². The number of anilines is 2. The van der Waals surface area contributed by atoms with E-state index in [4.69, 9.17) is 4.42 Å². The van der Waals surface area contributed by atoms with E-state index in [0.29, 0.717) is 18.0 Å². The van der Waals surface area contributed by atoms with Gasteiger partial charge in [-0.25, -0.2) is 4.79 Å². The van der Waals surface area contributed by atoms with Crippen LogP contribution in [-0.4, -0.2) is 11.9 Å². The number of benzene rings is 2. The van der Waals surface area contributed by atoms with Gasteiger partial charge >= 0.3 is 6.03 Å². The van der Waals surface area contributed by atoms with Crippen LogP contribution in [0.1, 0.15) is 16.9 Å². The Morgan fingerprint density at radius 1 is 0.964 bits per heavy atom. The van der Waals surface area contributed by atoms with Gasteiger partial charge in [-0.15, -0.1) is 0 Å². The maximum Gasteiger partial charge on any atom is 0.323 e. The number of aryl methyl sites for hydroxylation is 1. The minimum absolute atomic E-state index is 0.230. The lowest BCUT2D eigenvalue weighted by molar-refractivity contribution is -0.116. The van der Waals surface area contributed by atoms with E-state index in [9.17, 15) is 9.59 Å². The Balaban J connectivity index is 1.52. The molecule has 6 heteroatoms. The Bertz CT molecular complexity index is 978. The van der Waals surface area contributed by atoms with E-state index in [0.717, 1.165) is 16.8 Å². The van der Waals surface area contributed by atoms with E-state index in [-0.39, 0.29) is 11.9 Å². The Kier molecular flexibility index (Phi) is 6.25. The Hall–Kier alpha value is -3.80. The Morgan fingerprint density at radius 2 is 1.71 bits per heavy atom. The number of hydrogen-bond acceptors (Lipinski definition) is 3. The van der Waals surface area contributed by atoms with Crippen LogP contribution in [0.4, 0.5) is 16.2 Å². The summed E-state index contributed by atoms with van der Waals surface area (Å²) in [6, 6.07) is 18.1. The second-order valence-corrected chi connectivity index (χ2v) is 6.22. The fraction of sp³-hybridized carbons (Fsp3) is 0.0909. The monoisotopic (exact) mass is 375 g/mol. The van der Waals surface area contributed by atoms with Gasteiger partial charge in [0.25, 0.3) is 0 Å². The molecule has 1 heterocycles. The normalized spacial score (nSPS) is 10.6. The van der Waals surface area contributed by atoms with Crippen LogP contribution in [0.25, 0.3) is 6.08 Å². The molecular formula is C22H21N3O3. The van der Waals surface area contributed by atoms with Crippen molar-refractivity contribution in [3.05, 3.63) is 89.9 Å². The minimum atomic E-state index is -0.326. The number of hydrogen-bond donors (Lipinski definition) is 3. The molecule has 0 radical (unpaired) electrons. The number of carbonyl (C=O) groups excluding carboxylic acids is 2. The summed E-state index contributed by atoms with van der Waals surface area (Å²) in [7, 11) is 0. The molecule has 0 fully saturated rings. The summed E-state index contributed by atoms with van der Waals surface area (Å²) in [5.74, 6) is 0.382. The summed E-state index contributed by atoms with van der Waals surface area (Å²) in [4.78, 5) is 24.0. The third-order valence-electron chi connectivity index (χ3n) is 3.87. The average molecular weight is 375 g/mol. The first-order valence-corrected chi connectivity index (χ1v) is 8.81. The maximum atomic E-state index is 12.2. The lowest BCUT2D eigenvalue weighted by Gasteiger charge is -2.10. The number of amides is 3. The highest BCUT2D eigenvalue weighted by molar-refractivity contribution is 5.99. The van der Waals surface area contributed by atoms with E-state index >= 15 is 0 Å². The molecule has 6 nitrogen and oxygen atoms in total. The highest BCUT2D eigenvalue weighted by atomic mass is 16.3. The molecule has 2 aromatic carbocycles. The van der Waals surface area contributed by atoms with Gasteiger partial charge in [-0.05, 0) is 60.5 Å². The van der Waals surface area contributed by atoms with Gasteiger partial charge in [-0.3, -0.25) is 4.79 Å². The zero-order valence-electron chi connectivity index (χ0n) is 15.4. The molecule has 3 N–H and O–H groups in total. The summed E-state index contributed by atoms with van der Waals surface area (Å²) >= 11 is 0. The molecule has 0 aliphatic heterocycles. The van der Waals surface area contributed by atoms with Gasteiger partial charge in [0.2, 0.25) is 5.91 Å². The topological polar surface area (TPSA) is 83.4 Å². The van der Waals surface area contributed by atoms with E-state index in [1.807, 2.05) is 49.4 Å². The third-order valence-corrected chi connectivity index (χ3v) is 3.87. The SMILES string of the molecule is Cc1cccc(NC(=O)Nc2cccc(CNC(=O)C=Cc3ccco3)c2)c1. The second-order valence-electron chi connectivity index (χ2n) is 6.22. The summed E-state index contributed by atoms with van der Waals surface area (Å²) in [6.07, 6.45) is 4.56.